The van der Waals surface area contributed by atoms with Gasteiger partial charge in [0.2, 0.25) is 9.84 Å². The molecule has 0 amide bonds. The van der Waals surface area contributed by atoms with Gasteiger partial charge >= 0.3 is 0 Å². The fourth-order valence-corrected chi connectivity index (χ4v) is 5.34. The van der Waals surface area contributed by atoms with Crippen LogP contribution < -0.4 is 0 Å². The standard InChI is InChI=1S/C29H19ClN2O2S/c30-23-13-15-24(16-14-23)35(33,34)25(19-31)18-27-26-11-4-5-12-28(26)32-29(27)22-10-6-9-21(17-22)20-7-2-1-3-8-20/h1-18,32H. The second-order valence-electron chi connectivity index (χ2n) is 7.98. The van der Waals surface area contributed by atoms with Gasteiger partial charge in [0.1, 0.15) is 11.0 Å². The first-order valence-corrected chi connectivity index (χ1v) is 12.7. The Morgan fingerprint density at radius 3 is 2.20 bits per heavy atom. The minimum atomic E-state index is -4.04. The van der Waals surface area contributed by atoms with E-state index < -0.39 is 9.84 Å². The monoisotopic (exact) mass is 494 g/mol. The van der Waals surface area contributed by atoms with E-state index in [1.807, 2.05) is 78.9 Å². The zero-order valence-corrected chi connectivity index (χ0v) is 20.0. The van der Waals surface area contributed by atoms with E-state index in [9.17, 15) is 13.7 Å². The minimum absolute atomic E-state index is 0.0159. The normalized spacial score (nSPS) is 11.9. The number of aromatic amines is 1. The molecule has 0 saturated heterocycles. The maximum absolute atomic E-state index is 13.3. The highest BCUT2D eigenvalue weighted by Gasteiger charge is 2.23. The number of fused-ring (bicyclic) bond motifs is 1. The van der Waals surface area contributed by atoms with Crippen molar-refractivity contribution in [1.29, 1.82) is 5.26 Å². The Labute approximate surface area is 208 Å². The fraction of sp³-hybridized carbons (Fsp3) is 0. The lowest BCUT2D eigenvalue weighted by Crippen LogP contribution is -2.03. The lowest BCUT2D eigenvalue weighted by Gasteiger charge is -2.07. The summed E-state index contributed by atoms with van der Waals surface area (Å²) in [6.45, 7) is 0. The molecule has 0 aliphatic rings. The first kappa shape index (κ1) is 22.7. The molecule has 0 aliphatic carbocycles. The second kappa shape index (κ2) is 9.27. The Kier molecular flexibility index (Phi) is 6.00. The van der Waals surface area contributed by atoms with E-state index in [2.05, 4.69) is 11.1 Å². The average molecular weight is 495 g/mol. The second-order valence-corrected chi connectivity index (χ2v) is 10.3. The molecular weight excluding hydrogens is 476 g/mol. The predicted octanol–water partition coefficient (Wildman–Crippen LogP) is 7.49. The Morgan fingerprint density at radius 2 is 1.46 bits per heavy atom. The van der Waals surface area contributed by atoms with Crippen LogP contribution in [0.4, 0.5) is 0 Å². The number of allylic oxidation sites excluding steroid dienone is 1. The van der Waals surface area contributed by atoms with Crippen LogP contribution in [0.2, 0.25) is 5.02 Å². The summed E-state index contributed by atoms with van der Waals surface area (Å²) in [7, 11) is -4.04. The van der Waals surface area contributed by atoms with Gasteiger partial charge in [-0.2, -0.15) is 5.26 Å². The molecule has 1 N–H and O–H groups in total. The maximum Gasteiger partial charge on any atom is 0.216 e. The molecule has 0 bridgehead atoms. The fourth-order valence-electron chi connectivity index (χ4n) is 4.07. The highest BCUT2D eigenvalue weighted by Crippen LogP contribution is 2.35. The van der Waals surface area contributed by atoms with Crippen LogP contribution >= 0.6 is 11.6 Å². The van der Waals surface area contributed by atoms with Gasteiger partial charge in [0, 0.05) is 21.5 Å². The average Bonchev–Trinajstić information content (AvgIpc) is 3.26. The third-order valence-corrected chi connectivity index (χ3v) is 7.74. The Bertz CT molecular complexity index is 1710. The van der Waals surface area contributed by atoms with Crippen molar-refractivity contribution in [3.8, 4) is 28.5 Å². The van der Waals surface area contributed by atoms with Crippen LogP contribution in [-0.4, -0.2) is 13.4 Å². The number of nitriles is 1. The zero-order valence-electron chi connectivity index (χ0n) is 18.4. The summed E-state index contributed by atoms with van der Waals surface area (Å²) in [5, 5.41) is 11.1. The topological polar surface area (TPSA) is 73.7 Å². The quantitative estimate of drug-likeness (QED) is 0.257. The van der Waals surface area contributed by atoms with Crippen molar-refractivity contribution in [2.45, 2.75) is 4.90 Å². The summed E-state index contributed by atoms with van der Waals surface area (Å²) >= 11 is 5.92. The predicted molar refractivity (Wildman–Crippen MR) is 141 cm³/mol. The third kappa shape index (κ3) is 4.38. The molecule has 35 heavy (non-hydrogen) atoms. The first-order valence-electron chi connectivity index (χ1n) is 10.9. The molecular formula is C29H19ClN2O2S. The molecule has 4 nitrogen and oxygen atoms in total. The van der Waals surface area contributed by atoms with E-state index >= 15 is 0 Å². The molecule has 4 aromatic carbocycles. The van der Waals surface area contributed by atoms with Crippen LogP contribution in [0.15, 0.2) is 113 Å². The van der Waals surface area contributed by atoms with Gasteiger partial charge in [-0.05, 0) is 59.2 Å². The minimum Gasteiger partial charge on any atom is -0.354 e. The van der Waals surface area contributed by atoms with Crippen molar-refractivity contribution in [1.82, 2.24) is 4.98 Å². The van der Waals surface area contributed by atoms with E-state index in [0.717, 1.165) is 33.3 Å². The van der Waals surface area contributed by atoms with Gasteiger partial charge in [0.15, 0.2) is 0 Å². The van der Waals surface area contributed by atoms with Crippen molar-refractivity contribution >= 4 is 38.4 Å². The van der Waals surface area contributed by atoms with Crippen molar-refractivity contribution in [3.63, 3.8) is 0 Å². The number of hydrogen-bond donors (Lipinski definition) is 1. The summed E-state index contributed by atoms with van der Waals surface area (Å²) in [4.78, 5) is 3.09. The zero-order chi connectivity index (χ0) is 24.4. The summed E-state index contributed by atoms with van der Waals surface area (Å²) in [6, 6.07) is 33.4. The highest BCUT2D eigenvalue weighted by molar-refractivity contribution is 7.95. The molecule has 0 saturated carbocycles. The van der Waals surface area contributed by atoms with Crippen molar-refractivity contribution in [2.24, 2.45) is 0 Å². The lowest BCUT2D eigenvalue weighted by molar-refractivity contribution is 0.603. The SMILES string of the molecule is N#CC(=Cc1c(-c2cccc(-c3ccccc3)c2)[nH]c2ccccc12)S(=O)(=O)c1ccc(Cl)cc1. The molecule has 0 spiro atoms. The molecule has 5 aromatic rings. The number of aromatic nitrogens is 1. The van der Waals surface area contributed by atoms with Crippen molar-refractivity contribution < 1.29 is 8.42 Å². The lowest BCUT2D eigenvalue weighted by atomic mass is 9.99. The highest BCUT2D eigenvalue weighted by atomic mass is 35.5. The Hall–Kier alpha value is -4.11. The summed E-state index contributed by atoms with van der Waals surface area (Å²) in [6.07, 6.45) is 1.45. The smallest absolute Gasteiger partial charge is 0.216 e. The summed E-state index contributed by atoms with van der Waals surface area (Å²) < 4.78 is 26.6. The van der Waals surface area contributed by atoms with Gasteiger partial charge in [-0.15, -0.1) is 0 Å². The number of nitrogens with one attached hydrogen (secondary N) is 1. The molecule has 0 atom stereocenters. The number of benzene rings is 4. The van der Waals surface area contributed by atoms with E-state index in [1.54, 1.807) is 0 Å². The first-order chi connectivity index (χ1) is 17.0. The number of hydrogen-bond acceptors (Lipinski definition) is 3. The number of H-pyrrole nitrogens is 1. The number of sulfone groups is 1. The number of para-hydroxylation sites is 1. The van der Waals surface area contributed by atoms with Crippen LogP contribution in [-0.2, 0) is 9.84 Å². The van der Waals surface area contributed by atoms with Crippen LogP contribution in [0.3, 0.4) is 0 Å². The molecule has 1 aromatic heterocycles. The Balaban J connectivity index is 1.70. The number of nitrogens with zero attached hydrogens (tertiary/aromatic N) is 1. The van der Waals surface area contributed by atoms with Gasteiger partial charge in [-0.1, -0.05) is 78.3 Å². The Morgan fingerprint density at radius 1 is 0.800 bits per heavy atom. The van der Waals surface area contributed by atoms with E-state index in [-0.39, 0.29) is 9.80 Å². The largest absolute Gasteiger partial charge is 0.354 e. The van der Waals surface area contributed by atoms with E-state index in [4.69, 9.17) is 11.6 Å². The van der Waals surface area contributed by atoms with Crippen molar-refractivity contribution in [3.05, 3.63) is 119 Å². The van der Waals surface area contributed by atoms with Crippen LogP contribution in [0.25, 0.3) is 39.4 Å². The van der Waals surface area contributed by atoms with Gasteiger partial charge in [-0.3, -0.25) is 0 Å². The molecule has 6 heteroatoms. The summed E-state index contributed by atoms with van der Waals surface area (Å²) in [5.41, 5.74) is 5.22. The van der Waals surface area contributed by atoms with Crippen LogP contribution in [0.1, 0.15) is 5.56 Å². The van der Waals surface area contributed by atoms with Crippen LogP contribution in [0.5, 0.6) is 0 Å². The number of rotatable bonds is 5. The molecule has 0 radical (unpaired) electrons. The van der Waals surface area contributed by atoms with Gasteiger partial charge in [0.25, 0.3) is 0 Å². The van der Waals surface area contributed by atoms with Gasteiger partial charge in [-0.25, -0.2) is 8.42 Å². The molecule has 5 rings (SSSR count). The van der Waals surface area contributed by atoms with Crippen molar-refractivity contribution in [2.75, 3.05) is 0 Å². The summed E-state index contributed by atoms with van der Waals surface area (Å²) in [5.74, 6) is 0. The molecule has 1 heterocycles. The molecule has 170 valence electrons. The molecule has 0 unspecified atom stereocenters. The van der Waals surface area contributed by atoms with Gasteiger partial charge < -0.3 is 4.98 Å². The number of halogens is 1. The maximum atomic E-state index is 13.3. The van der Waals surface area contributed by atoms with Crippen LogP contribution in [0, 0.1) is 11.3 Å². The van der Waals surface area contributed by atoms with Gasteiger partial charge in [0.05, 0.1) is 10.6 Å². The van der Waals surface area contributed by atoms with E-state index in [1.165, 1.54) is 30.3 Å². The molecule has 0 aliphatic heterocycles. The molecule has 0 fully saturated rings. The third-order valence-electron chi connectivity index (χ3n) is 5.80. The van der Waals surface area contributed by atoms with E-state index in [0.29, 0.717) is 10.6 Å².